The van der Waals surface area contributed by atoms with Crippen molar-refractivity contribution in [3.8, 4) is 0 Å². The highest BCUT2D eigenvalue weighted by atomic mass is 32.2. The third-order valence-corrected chi connectivity index (χ3v) is 7.15. The van der Waals surface area contributed by atoms with E-state index in [1.807, 2.05) is 0 Å². The minimum atomic E-state index is -3.69. The highest BCUT2D eigenvalue weighted by Gasteiger charge is 2.37. The topological polar surface area (TPSA) is 72.5 Å². The van der Waals surface area contributed by atoms with Crippen LogP contribution < -0.4 is 4.72 Å². The molecule has 21 heavy (non-hydrogen) atoms. The lowest BCUT2D eigenvalue weighted by Crippen LogP contribution is -2.41. The molecule has 7 heteroatoms. The fourth-order valence-electron chi connectivity index (χ4n) is 2.65. The van der Waals surface area contributed by atoms with Crippen molar-refractivity contribution in [3.05, 3.63) is 15.8 Å². The standard InChI is InChI=1S/C14H21NO4S2/c1-4-14(6-5-7-14)9-15-21(17,18)12-10(2)8-20-11(12)13(16)19-3/h8,15H,4-7,9H2,1-3H3. The summed E-state index contributed by atoms with van der Waals surface area (Å²) >= 11 is 1.10. The number of carbonyl (C=O) groups is 1. The van der Waals surface area contributed by atoms with Gasteiger partial charge in [-0.05, 0) is 42.5 Å². The van der Waals surface area contributed by atoms with Gasteiger partial charge >= 0.3 is 5.97 Å². The first-order valence-corrected chi connectivity index (χ1v) is 9.37. The fourth-order valence-corrected chi connectivity index (χ4v) is 5.51. The Labute approximate surface area is 129 Å². The zero-order valence-electron chi connectivity index (χ0n) is 12.6. The van der Waals surface area contributed by atoms with Crippen molar-refractivity contribution in [2.45, 2.75) is 44.4 Å². The van der Waals surface area contributed by atoms with Crippen LogP contribution in [0.25, 0.3) is 0 Å². The lowest BCUT2D eigenvalue weighted by molar-refractivity contribution is 0.0602. The Kier molecular flexibility index (Phi) is 4.75. The van der Waals surface area contributed by atoms with E-state index in [0.717, 1.165) is 37.0 Å². The Morgan fingerprint density at radius 1 is 1.48 bits per heavy atom. The maximum atomic E-state index is 12.5. The number of sulfonamides is 1. The first-order valence-electron chi connectivity index (χ1n) is 7.01. The molecule has 1 heterocycles. The first-order chi connectivity index (χ1) is 9.85. The summed E-state index contributed by atoms with van der Waals surface area (Å²) in [5, 5.41) is 1.67. The van der Waals surface area contributed by atoms with Crippen LogP contribution in [0, 0.1) is 12.3 Å². The van der Waals surface area contributed by atoms with E-state index in [4.69, 9.17) is 0 Å². The molecular formula is C14H21NO4S2. The van der Waals surface area contributed by atoms with Crippen LogP contribution in [0.3, 0.4) is 0 Å². The number of nitrogens with one attached hydrogen (secondary N) is 1. The molecule has 1 aliphatic carbocycles. The normalized spacial score (nSPS) is 17.3. The summed E-state index contributed by atoms with van der Waals surface area (Å²) in [6.45, 7) is 4.21. The van der Waals surface area contributed by atoms with Crippen LogP contribution in [0.15, 0.2) is 10.3 Å². The molecule has 1 aromatic rings. The van der Waals surface area contributed by atoms with E-state index in [2.05, 4.69) is 16.4 Å². The summed E-state index contributed by atoms with van der Waals surface area (Å²) in [6, 6.07) is 0. The summed E-state index contributed by atoms with van der Waals surface area (Å²) in [7, 11) is -2.44. The van der Waals surface area contributed by atoms with Crippen LogP contribution >= 0.6 is 11.3 Å². The fraction of sp³-hybridized carbons (Fsp3) is 0.643. The molecule has 0 aromatic carbocycles. The minimum Gasteiger partial charge on any atom is -0.465 e. The lowest BCUT2D eigenvalue weighted by atomic mass is 9.67. The molecule has 5 nitrogen and oxygen atoms in total. The van der Waals surface area contributed by atoms with Crippen LogP contribution in [0.5, 0.6) is 0 Å². The smallest absolute Gasteiger partial charge is 0.349 e. The highest BCUT2D eigenvalue weighted by molar-refractivity contribution is 7.89. The van der Waals surface area contributed by atoms with Gasteiger partial charge in [-0.25, -0.2) is 17.9 Å². The van der Waals surface area contributed by atoms with Gasteiger partial charge < -0.3 is 4.74 Å². The van der Waals surface area contributed by atoms with Crippen molar-refractivity contribution < 1.29 is 17.9 Å². The number of methoxy groups -OCH3 is 1. The molecule has 0 amide bonds. The van der Waals surface area contributed by atoms with Crippen LogP contribution in [-0.4, -0.2) is 28.0 Å². The average Bonchev–Trinajstić information content (AvgIpc) is 2.80. The lowest BCUT2D eigenvalue weighted by Gasteiger charge is -2.41. The van der Waals surface area contributed by atoms with Crippen LogP contribution in [-0.2, 0) is 14.8 Å². The highest BCUT2D eigenvalue weighted by Crippen LogP contribution is 2.43. The van der Waals surface area contributed by atoms with Gasteiger partial charge in [-0.1, -0.05) is 13.3 Å². The second-order valence-electron chi connectivity index (χ2n) is 5.60. The van der Waals surface area contributed by atoms with Crippen molar-refractivity contribution in [1.29, 1.82) is 0 Å². The maximum absolute atomic E-state index is 12.5. The van der Waals surface area contributed by atoms with Crippen molar-refractivity contribution >= 4 is 27.3 Å². The average molecular weight is 331 g/mol. The van der Waals surface area contributed by atoms with Crippen LogP contribution in [0.4, 0.5) is 0 Å². The predicted molar refractivity (Wildman–Crippen MR) is 82.2 cm³/mol. The van der Waals surface area contributed by atoms with Crippen molar-refractivity contribution in [1.82, 2.24) is 4.72 Å². The monoisotopic (exact) mass is 331 g/mol. The SMILES string of the molecule is CCC1(CNS(=O)(=O)c2c(C)csc2C(=O)OC)CCC1. The van der Waals surface area contributed by atoms with E-state index in [1.54, 1.807) is 12.3 Å². The second kappa shape index (κ2) is 6.06. The number of carbonyl (C=O) groups excluding carboxylic acids is 1. The largest absolute Gasteiger partial charge is 0.465 e. The van der Waals surface area contributed by atoms with E-state index in [-0.39, 0.29) is 15.2 Å². The van der Waals surface area contributed by atoms with Gasteiger partial charge in [0.05, 0.1) is 7.11 Å². The summed E-state index contributed by atoms with van der Waals surface area (Å²) in [5.74, 6) is -0.609. The minimum absolute atomic E-state index is 0.0601. The van der Waals surface area contributed by atoms with E-state index in [0.29, 0.717) is 12.1 Å². The van der Waals surface area contributed by atoms with E-state index < -0.39 is 16.0 Å². The number of esters is 1. The van der Waals surface area contributed by atoms with Crippen LogP contribution in [0.2, 0.25) is 0 Å². The molecule has 0 aliphatic heterocycles. The zero-order chi connectivity index (χ0) is 15.7. The third kappa shape index (κ3) is 3.14. The molecule has 1 N–H and O–H groups in total. The molecular weight excluding hydrogens is 310 g/mol. The van der Waals surface area contributed by atoms with Gasteiger partial charge in [-0.15, -0.1) is 11.3 Å². The number of hydrogen-bond acceptors (Lipinski definition) is 5. The number of thiophene rings is 1. The van der Waals surface area contributed by atoms with Crippen molar-refractivity contribution in [3.63, 3.8) is 0 Å². The zero-order valence-corrected chi connectivity index (χ0v) is 14.2. The molecule has 0 bridgehead atoms. The Morgan fingerprint density at radius 2 is 2.14 bits per heavy atom. The molecule has 2 rings (SSSR count). The maximum Gasteiger partial charge on any atom is 0.349 e. The van der Waals surface area contributed by atoms with Gasteiger partial charge in [0.2, 0.25) is 10.0 Å². The third-order valence-electron chi connectivity index (χ3n) is 4.36. The number of aryl methyl sites for hydroxylation is 1. The van der Waals surface area contributed by atoms with E-state index >= 15 is 0 Å². The first kappa shape index (κ1) is 16.5. The van der Waals surface area contributed by atoms with E-state index in [9.17, 15) is 13.2 Å². The summed E-state index contributed by atoms with van der Waals surface area (Å²) in [6.07, 6.45) is 4.22. The summed E-state index contributed by atoms with van der Waals surface area (Å²) in [4.78, 5) is 11.9. The molecule has 0 spiro atoms. The quantitative estimate of drug-likeness (QED) is 0.814. The Hall–Kier alpha value is -0.920. The molecule has 0 radical (unpaired) electrons. The number of hydrogen-bond donors (Lipinski definition) is 1. The molecule has 1 aliphatic rings. The number of rotatable bonds is 6. The van der Waals surface area contributed by atoms with Crippen molar-refractivity contribution in [2.24, 2.45) is 5.41 Å². The van der Waals surface area contributed by atoms with Gasteiger partial charge in [0, 0.05) is 6.54 Å². The Morgan fingerprint density at radius 3 is 2.62 bits per heavy atom. The summed E-state index contributed by atoms with van der Waals surface area (Å²) in [5.41, 5.74) is 0.662. The van der Waals surface area contributed by atoms with Gasteiger partial charge in [0.1, 0.15) is 9.77 Å². The molecule has 0 unspecified atom stereocenters. The molecule has 1 fully saturated rings. The van der Waals surface area contributed by atoms with Crippen LogP contribution in [0.1, 0.15) is 47.8 Å². The Bertz CT molecular complexity index is 624. The predicted octanol–water partition coefficient (Wildman–Crippen LogP) is 2.70. The van der Waals surface area contributed by atoms with Gasteiger partial charge in [0.25, 0.3) is 0 Å². The van der Waals surface area contributed by atoms with Crippen molar-refractivity contribution in [2.75, 3.05) is 13.7 Å². The number of ether oxygens (including phenoxy) is 1. The Balaban J connectivity index is 2.24. The molecule has 0 atom stereocenters. The molecule has 1 saturated carbocycles. The second-order valence-corrected chi connectivity index (χ2v) is 8.18. The molecule has 118 valence electrons. The van der Waals surface area contributed by atoms with Gasteiger partial charge in [-0.3, -0.25) is 0 Å². The molecule has 1 aromatic heterocycles. The summed E-state index contributed by atoms with van der Waals surface area (Å²) < 4.78 is 32.4. The molecule has 0 saturated heterocycles. The van der Waals surface area contributed by atoms with E-state index in [1.165, 1.54) is 7.11 Å². The van der Waals surface area contributed by atoms with Gasteiger partial charge in [0.15, 0.2) is 0 Å². The van der Waals surface area contributed by atoms with Gasteiger partial charge in [-0.2, -0.15) is 0 Å².